The molecule has 1 fully saturated rings. The number of halogens is 1. The number of aryl methyl sites for hydroxylation is 1. The van der Waals surface area contributed by atoms with Crippen LogP contribution < -0.4 is 15.0 Å². The number of aromatic nitrogens is 3. The smallest absolute Gasteiger partial charge is 0.336 e. The van der Waals surface area contributed by atoms with Crippen LogP contribution in [0.5, 0.6) is 11.8 Å². The van der Waals surface area contributed by atoms with Crippen molar-refractivity contribution >= 4 is 40.3 Å². The molecule has 2 aromatic heterocycles. The molecule has 3 N–H and O–H groups in total. The van der Waals surface area contributed by atoms with E-state index >= 15 is 0 Å². The summed E-state index contributed by atoms with van der Waals surface area (Å²) in [6.45, 7) is 4.91. The average Bonchev–Trinajstić information content (AvgIpc) is 3.45. The first-order valence-corrected chi connectivity index (χ1v) is 11.8. The van der Waals surface area contributed by atoms with Crippen molar-refractivity contribution in [1.29, 1.82) is 0 Å². The Kier molecular flexibility index (Phi) is 6.24. The Labute approximate surface area is 212 Å². The molecule has 0 aliphatic carbocycles. The van der Waals surface area contributed by atoms with E-state index in [2.05, 4.69) is 25.2 Å². The number of carbonyl (C=O) groups is 2. The molecule has 3 heterocycles. The van der Waals surface area contributed by atoms with Gasteiger partial charge >= 0.3 is 12.0 Å². The van der Waals surface area contributed by atoms with Crippen molar-refractivity contribution in [1.82, 2.24) is 20.3 Å². The largest absolute Gasteiger partial charge is 0.478 e. The molecule has 0 saturated carbocycles. The lowest BCUT2D eigenvalue weighted by Gasteiger charge is -2.19. The topological polar surface area (TPSA) is 120 Å². The van der Waals surface area contributed by atoms with Gasteiger partial charge in [-0.05, 0) is 49.2 Å². The number of imidazole rings is 1. The molecule has 1 saturated heterocycles. The fraction of sp³-hybridized carbons (Fsp3) is 0.231. The molecule has 5 rings (SSSR count). The van der Waals surface area contributed by atoms with Crippen molar-refractivity contribution in [3.63, 3.8) is 0 Å². The molecule has 2 aromatic carbocycles. The normalized spacial score (nSPS) is 15.3. The summed E-state index contributed by atoms with van der Waals surface area (Å²) in [5, 5.41) is 12.8. The van der Waals surface area contributed by atoms with Gasteiger partial charge in [0.05, 0.1) is 21.8 Å². The fourth-order valence-electron chi connectivity index (χ4n) is 4.38. The molecule has 1 amide bonds. The maximum atomic E-state index is 11.4. The molecule has 9 nitrogen and oxygen atoms in total. The number of aromatic carboxylic acids is 1. The number of nitrogens with one attached hydrogen (secondary N) is 2. The fourth-order valence-corrected chi connectivity index (χ4v) is 4.64. The number of pyridine rings is 1. The van der Waals surface area contributed by atoms with Crippen LogP contribution in [0.1, 0.15) is 29.3 Å². The molecular formula is C26H24ClN5O4. The molecule has 1 aliphatic rings. The summed E-state index contributed by atoms with van der Waals surface area (Å²) in [5.74, 6) is -0.685. The highest BCUT2D eigenvalue weighted by atomic mass is 35.5. The number of aromatic amines is 1. The number of carboxylic acid groups (broad SMARTS) is 1. The number of amides is 1. The van der Waals surface area contributed by atoms with Crippen LogP contribution in [0.25, 0.3) is 22.4 Å². The van der Waals surface area contributed by atoms with Crippen molar-refractivity contribution in [3.8, 4) is 23.0 Å². The van der Waals surface area contributed by atoms with Gasteiger partial charge in [-0.3, -0.25) is 4.79 Å². The van der Waals surface area contributed by atoms with Gasteiger partial charge in [-0.2, -0.15) is 4.98 Å². The standard InChI is InChI=1S/C26H24ClN5O4/c1-14-3-8-19(11-20(14)25(34)35)36-26-29-22-12-21(27)23(30-24(22)31-26)16-4-6-18(7-5-16)32-10-9-17(13-32)28-15(2)33/h3-8,11-12,17H,9-10,13H2,1-2H3,(H,28,33)(H,34,35)(H,29,30,31). The van der Waals surface area contributed by atoms with E-state index in [0.717, 1.165) is 30.8 Å². The highest BCUT2D eigenvalue weighted by molar-refractivity contribution is 6.33. The Morgan fingerprint density at radius 2 is 1.94 bits per heavy atom. The lowest BCUT2D eigenvalue weighted by molar-refractivity contribution is -0.119. The minimum atomic E-state index is -1.02. The number of hydrogen-bond acceptors (Lipinski definition) is 6. The number of hydrogen-bond donors (Lipinski definition) is 3. The summed E-state index contributed by atoms with van der Waals surface area (Å²) in [5.41, 5.74) is 4.33. The summed E-state index contributed by atoms with van der Waals surface area (Å²) >= 11 is 6.55. The molecule has 1 atom stereocenters. The Morgan fingerprint density at radius 3 is 2.67 bits per heavy atom. The van der Waals surface area contributed by atoms with Crippen LogP contribution in [0.3, 0.4) is 0 Å². The molecule has 1 unspecified atom stereocenters. The third kappa shape index (κ3) is 4.83. The number of anilines is 1. The number of H-pyrrole nitrogens is 1. The number of ether oxygens (including phenoxy) is 1. The monoisotopic (exact) mass is 505 g/mol. The SMILES string of the molecule is CC(=O)NC1CCN(c2ccc(-c3nc4nc(Oc5ccc(C)c(C(=O)O)c5)[nH]c4cc3Cl)cc2)C1. The molecule has 184 valence electrons. The molecule has 0 radical (unpaired) electrons. The van der Waals surface area contributed by atoms with Gasteiger partial charge in [-0.1, -0.05) is 29.8 Å². The van der Waals surface area contributed by atoms with Crippen LogP contribution in [0, 0.1) is 6.92 Å². The summed E-state index contributed by atoms with van der Waals surface area (Å²) in [6, 6.07) is 14.9. The van der Waals surface area contributed by atoms with Gasteiger partial charge in [0.1, 0.15) is 5.75 Å². The molecule has 4 aromatic rings. The second-order valence-corrected chi connectivity index (χ2v) is 9.20. The number of fused-ring (bicyclic) bond motifs is 1. The van der Waals surface area contributed by atoms with E-state index < -0.39 is 5.97 Å². The van der Waals surface area contributed by atoms with Gasteiger partial charge in [-0.25, -0.2) is 9.78 Å². The number of carbonyl (C=O) groups excluding carboxylic acids is 1. The van der Waals surface area contributed by atoms with Gasteiger partial charge in [0.2, 0.25) is 5.91 Å². The predicted molar refractivity (Wildman–Crippen MR) is 137 cm³/mol. The Morgan fingerprint density at radius 1 is 1.17 bits per heavy atom. The van der Waals surface area contributed by atoms with E-state index in [1.807, 2.05) is 24.3 Å². The molecule has 0 bridgehead atoms. The third-order valence-corrected chi connectivity index (χ3v) is 6.45. The zero-order valence-corrected chi connectivity index (χ0v) is 20.5. The average molecular weight is 506 g/mol. The predicted octanol–water partition coefficient (Wildman–Crippen LogP) is 4.79. The Bertz CT molecular complexity index is 1470. The van der Waals surface area contributed by atoms with Crippen LogP contribution in [-0.4, -0.2) is 51.1 Å². The number of nitrogens with zero attached hydrogens (tertiary/aromatic N) is 3. The Hall–Kier alpha value is -4.11. The van der Waals surface area contributed by atoms with Gasteiger partial charge in [0, 0.05) is 37.3 Å². The van der Waals surface area contributed by atoms with E-state index in [4.69, 9.17) is 16.3 Å². The van der Waals surface area contributed by atoms with Crippen molar-refractivity contribution in [2.24, 2.45) is 0 Å². The van der Waals surface area contributed by atoms with Crippen LogP contribution in [-0.2, 0) is 4.79 Å². The van der Waals surface area contributed by atoms with E-state index in [1.165, 1.54) is 13.0 Å². The summed E-state index contributed by atoms with van der Waals surface area (Å²) < 4.78 is 5.76. The second-order valence-electron chi connectivity index (χ2n) is 8.79. The van der Waals surface area contributed by atoms with Crippen molar-refractivity contribution in [3.05, 3.63) is 64.7 Å². The van der Waals surface area contributed by atoms with Crippen molar-refractivity contribution in [2.45, 2.75) is 26.3 Å². The van der Waals surface area contributed by atoms with E-state index in [0.29, 0.717) is 33.2 Å². The molecule has 36 heavy (non-hydrogen) atoms. The number of rotatable bonds is 6. The minimum Gasteiger partial charge on any atom is -0.478 e. The quantitative estimate of drug-likeness (QED) is 0.344. The third-order valence-electron chi connectivity index (χ3n) is 6.16. The maximum absolute atomic E-state index is 11.4. The molecular weight excluding hydrogens is 482 g/mol. The lowest BCUT2D eigenvalue weighted by Crippen LogP contribution is -2.35. The first-order chi connectivity index (χ1) is 17.3. The van der Waals surface area contributed by atoms with E-state index in [9.17, 15) is 14.7 Å². The van der Waals surface area contributed by atoms with Crippen LogP contribution in [0.2, 0.25) is 5.02 Å². The summed E-state index contributed by atoms with van der Waals surface area (Å²) in [4.78, 5) is 37.0. The second kappa shape index (κ2) is 9.50. The highest BCUT2D eigenvalue weighted by Gasteiger charge is 2.23. The van der Waals surface area contributed by atoms with Crippen LogP contribution in [0.15, 0.2) is 48.5 Å². The molecule has 1 aliphatic heterocycles. The van der Waals surface area contributed by atoms with Crippen molar-refractivity contribution < 1.29 is 19.4 Å². The number of carboxylic acids is 1. The highest BCUT2D eigenvalue weighted by Crippen LogP contribution is 2.32. The lowest BCUT2D eigenvalue weighted by atomic mass is 10.1. The van der Waals surface area contributed by atoms with Gasteiger partial charge in [0.25, 0.3) is 0 Å². The summed E-state index contributed by atoms with van der Waals surface area (Å²) in [7, 11) is 0. The minimum absolute atomic E-state index is 0.0101. The maximum Gasteiger partial charge on any atom is 0.336 e. The Balaban J connectivity index is 1.36. The zero-order valence-electron chi connectivity index (χ0n) is 19.7. The van der Waals surface area contributed by atoms with Crippen molar-refractivity contribution in [2.75, 3.05) is 18.0 Å². The summed E-state index contributed by atoms with van der Waals surface area (Å²) in [6.07, 6.45) is 0.912. The molecule has 10 heteroatoms. The van der Waals surface area contributed by atoms with Crippen LogP contribution >= 0.6 is 11.6 Å². The van der Waals surface area contributed by atoms with Gasteiger partial charge in [0.15, 0.2) is 5.65 Å². The van der Waals surface area contributed by atoms with Gasteiger partial charge < -0.3 is 25.0 Å². The zero-order chi connectivity index (χ0) is 25.4. The first kappa shape index (κ1) is 23.6. The van der Waals surface area contributed by atoms with E-state index in [-0.39, 0.29) is 23.5 Å². The van der Waals surface area contributed by atoms with Crippen LogP contribution in [0.4, 0.5) is 5.69 Å². The molecule has 0 spiro atoms. The van der Waals surface area contributed by atoms with Gasteiger partial charge in [-0.15, -0.1) is 0 Å². The first-order valence-electron chi connectivity index (χ1n) is 11.5. The van der Waals surface area contributed by atoms with E-state index in [1.54, 1.807) is 25.1 Å². The number of benzene rings is 2.